The Hall–Kier alpha value is -2.90. The van der Waals surface area contributed by atoms with Gasteiger partial charge in [-0.3, -0.25) is 14.0 Å². The van der Waals surface area contributed by atoms with Gasteiger partial charge in [0.2, 0.25) is 0 Å². The third-order valence-electron chi connectivity index (χ3n) is 3.17. The van der Waals surface area contributed by atoms with Crippen molar-refractivity contribution < 1.29 is 24.6 Å². The number of pyridine rings is 1. The monoisotopic (exact) mass is 305 g/mol. The molecule has 0 aliphatic rings. The molecule has 8 nitrogen and oxygen atoms in total. The topological polar surface area (TPSA) is 121 Å². The minimum absolute atomic E-state index is 0.188. The summed E-state index contributed by atoms with van der Waals surface area (Å²) in [7, 11) is 0. The molecule has 116 valence electrons. The Bertz CT molecular complexity index is 737. The van der Waals surface area contributed by atoms with Crippen LogP contribution >= 0.6 is 0 Å². The van der Waals surface area contributed by atoms with E-state index in [0.717, 1.165) is 0 Å². The zero-order valence-electron chi connectivity index (χ0n) is 11.8. The predicted octanol–water partition coefficient (Wildman–Crippen LogP) is 0.691. The van der Waals surface area contributed by atoms with E-state index in [-0.39, 0.29) is 18.5 Å². The average molecular weight is 305 g/mol. The van der Waals surface area contributed by atoms with Gasteiger partial charge in [0, 0.05) is 12.6 Å². The van der Waals surface area contributed by atoms with Crippen molar-refractivity contribution in [1.82, 2.24) is 14.7 Å². The first-order chi connectivity index (χ1) is 10.4. The summed E-state index contributed by atoms with van der Waals surface area (Å²) in [5.41, 5.74) is 1.27. The molecule has 0 radical (unpaired) electrons. The zero-order chi connectivity index (χ0) is 16.3. The summed E-state index contributed by atoms with van der Waals surface area (Å²) in [6.45, 7) is 1.65. The molecular weight excluding hydrogens is 290 g/mol. The first-order valence-corrected chi connectivity index (χ1v) is 6.59. The summed E-state index contributed by atoms with van der Waals surface area (Å²) < 4.78 is 1.56. The van der Waals surface area contributed by atoms with Crippen molar-refractivity contribution in [1.29, 1.82) is 0 Å². The average Bonchev–Trinajstić information content (AvgIpc) is 2.78. The van der Waals surface area contributed by atoms with Gasteiger partial charge in [-0.2, -0.15) is 0 Å². The van der Waals surface area contributed by atoms with Crippen LogP contribution in [0.5, 0.6) is 0 Å². The zero-order valence-corrected chi connectivity index (χ0v) is 11.8. The van der Waals surface area contributed by atoms with Crippen LogP contribution in [0.4, 0.5) is 0 Å². The molecule has 2 aromatic heterocycles. The van der Waals surface area contributed by atoms with Crippen molar-refractivity contribution >= 4 is 23.5 Å². The SMILES string of the molecule is Cc1nc2ccccn2c1C(=O)NC(CCC(=O)O)C(=O)O. The van der Waals surface area contributed by atoms with Gasteiger partial charge >= 0.3 is 11.9 Å². The number of aliphatic carboxylic acids is 2. The van der Waals surface area contributed by atoms with Crippen LogP contribution < -0.4 is 5.32 Å². The Kier molecular flexibility index (Phi) is 4.40. The fourth-order valence-corrected chi connectivity index (χ4v) is 2.14. The molecule has 3 N–H and O–H groups in total. The van der Waals surface area contributed by atoms with Gasteiger partial charge in [-0.25, -0.2) is 9.78 Å². The second kappa shape index (κ2) is 6.25. The third-order valence-corrected chi connectivity index (χ3v) is 3.17. The summed E-state index contributed by atoms with van der Waals surface area (Å²) in [5, 5.41) is 20.1. The fraction of sp³-hybridized carbons (Fsp3) is 0.286. The number of fused-ring (bicyclic) bond motifs is 1. The van der Waals surface area contributed by atoms with Crippen LogP contribution in [-0.2, 0) is 9.59 Å². The number of carboxylic acid groups (broad SMARTS) is 2. The normalized spacial score (nSPS) is 12.0. The van der Waals surface area contributed by atoms with Crippen molar-refractivity contribution in [3.63, 3.8) is 0 Å². The van der Waals surface area contributed by atoms with Gasteiger partial charge in [0.15, 0.2) is 0 Å². The number of carbonyl (C=O) groups excluding carboxylic acids is 1. The maximum atomic E-state index is 12.3. The first-order valence-electron chi connectivity index (χ1n) is 6.59. The molecule has 0 aliphatic carbocycles. The second-order valence-corrected chi connectivity index (χ2v) is 4.77. The lowest BCUT2D eigenvalue weighted by Gasteiger charge is -2.13. The third kappa shape index (κ3) is 3.22. The molecule has 22 heavy (non-hydrogen) atoms. The quantitative estimate of drug-likeness (QED) is 0.722. The summed E-state index contributed by atoms with van der Waals surface area (Å²) in [6.07, 6.45) is 1.12. The standard InChI is InChI=1S/C14H15N3O5/c1-8-12(17-7-3-2-4-10(17)15-8)13(20)16-9(14(21)22)5-6-11(18)19/h2-4,7,9H,5-6H2,1H3,(H,16,20)(H,18,19)(H,21,22). The van der Waals surface area contributed by atoms with Crippen LogP contribution in [0.1, 0.15) is 29.0 Å². The number of nitrogens with one attached hydrogen (secondary N) is 1. The van der Waals surface area contributed by atoms with Gasteiger partial charge in [-0.05, 0) is 25.5 Å². The van der Waals surface area contributed by atoms with Crippen molar-refractivity contribution in [2.75, 3.05) is 0 Å². The highest BCUT2D eigenvalue weighted by atomic mass is 16.4. The second-order valence-electron chi connectivity index (χ2n) is 4.77. The van der Waals surface area contributed by atoms with E-state index < -0.39 is 23.9 Å². The highest BCUT2D eigenvalue weighted by Gasteiger charge is 2.24. The van der Waals surface area contributed by atoms with Gasteiger partial charge < -0.3 is 15.5 Å². The number of imidazole rings is 1. The Morgan fingerprint density at radius 1 is 1.32 bits per heavy atom. The molecule has 1 unspecified atom stereocenters. The van der Waals surface area contributed by atoms with E-state index in [0.29, 0.717) is 11.3 Å². The predicted molar refractivity (Wildman–Crippen MR) is 75.7 cm³/mol. The molecule has 0 fully saturated rings. The molecule has 0 saturated heterocycles. The highest BCUT2D eigenvalue weighted by molar-refractivity contribution is 5.97. The molecule has 0 spiro atoms. The smallest absolute Gasteiger partial charge is 0.326 e. The van der Waals surface area contributed by atoms with E-state index in [9.17, 15) is 14.4 Å². The number of aryl methyl sites for hydroxylation is 1. The van der Waals surface area contributed by atoms with E-state index in [1.807, 2.05) is 0 Å². The molecule has 2 heterocycles. The number of nitrogens with zero attached hydrogens (tertiary/aromatic N) is 2. The van der Waals surface area contributed by atoms with E-state index in [1.165, 1.54) is 0 Å². The Morgan fingerprint density at radius 3 is 2.68 bits per heavy atom. The van der Waals surface area contributed by atoms with Crippen LogP contribution in [0.3, 0.4) is 0 Å². The minimum atomic E-state index is -1.28. The summed E-state index contributed by atoms with van der Waals surface area (Å²) in [6, 6.07) is 3.96. The lowest BCUT2D eigenvalue weighted by molar-refractivity contribution is -0.140. The minimum Gasteiger partial charge on any atom is -0.481 e. The number of hydrogen-bond donors (Lipinski definition) is 3. The lowest BCUT2D eigenvalue weighted by atomic mass is 10.1. The molecular formula is C14H15N3O5. The van der Waals surface area contributed by atoms with Crippen molar-refractivity contribution in [2.45, 2.75) is 25.8 Å². The summed E-state index contributed by atoms with van der Waals surface area (Å²) >= 11 is 0. The number of hydrogen-bond acceptors (Lipinski definition) is 4. The van der Waals surface area contributed by atoms with Crippen molar-refractivity contribution in [2.24, 2.45) is 0 Å². The number of aromatic nitrogens is 2. The van der Waals surface area contributed by atoms with E-state index in [2.05, 4.69) is 10.3 Å². The van der Waals surface area contributed by atoms with Gasteiger partial charge in [0.1, 0.15) is 17.4 Å². The van der Waals surface area contributed by atoms with Crippen LogP contribution in [0.25, 0.3) is 5.65 Å². The molecule has 0 saturated carbocycles. The molecule has 1 atom stereocenters. The maximum absolute atomic E-state index is 12.3. The summed E-state index contributed by atoms with van der Waals surface area (Å²) in [5.74, 6) is -3.00. The molecule has 0 aliphatic heterocycles. The Morgan fingerprint density at radius 2 is 2.05 bits per heavy atom. The van der Waals surface area contributed by atoms with Crippen LogP contribution in [0.2, 0.25) is 0 Å². The molecule has 2 rings (SSSR count). The fourth-order valence-electron chi connectivity index (χ4n) is 2.14. The Labute approximate surface area is 125 Å². The first kappa shape index (κ1) is 15.5. The van der Waals surface area contributed by atoms with Gasteiger partial charge in [0.25, 0.3) is 5.91 Å². The van der Waals surface area contributed by atoms with E-state index in [4.69, 9.17) is 10.2 Å². The van der Waals surface area contributed by atoms with Crippen LogP contribution in [-0.4, -0.2) is 43.5 Å². The van der Waals surface area contributed by atoms with Gasteiger partial charge in [0.05, 0.1) is 5.69 Å². The summed E-state index contributed by atoms with van der Waals surface area (Å²) in [4.78, 5) is 38.2. The van der Waals surface area contributed by atoms with E-state index >= 15 is 0 Å². The van der Waals surface area contributed by atoms with E-state index in [1.54, 1.807) is 35.7 Å². The van der Waals surface area contributed by atoms with Crippen LogP contribution in [0, 0.1) is 6.92 Å². The number of carboxylic acids is 2. The molecule has 0 bridgehead atoms. The van der Waals surface area contributed by atoms with Crippen molar-refractivity contribution in [3.05, 3.63) is 35.8 Å². The number of rotatable bonds is 6. The lowest BCUT2D eigenvalue weighted by Crippen LogP contribution is -2.41. The van der Waals surface area contributed by atoms with Crippen LogP contribution in [0.15, 0.2) is 24.4 Å². The molecule has 2 aromatic rings. The highest BCUT2D eigenvalue weighted by Crippen LogP contribution is 2.12. The van der Waals surface area contributed by atoms with Crippen molar-refractivity contribution in [3.8, 4) is 0 Å². The Balaban J connectivity index is 2.23. The number of carbonyl (C=O) groups is 3. The molecule has 1 amide bonds. The largest absolute Gasteiger partial charge is 0.481 e. The number of amides is 1. The molecule has 8 heteroatoms. The maximum Gasteiger partial charge on any atom is 0.326 e. The van der Waals surface area contributed by atoms with Gasteiger partial charge in [-0.15, -0.1) is 0 Å². The molecule has 0 aromatic carbocycles. The van der Waals surface area contributed by atoms with Gasteiger partial charge in [-0.1, -0.05) is 6.07 Å².